The number of aromatic nitrogens is 1. The molecule has 0 radical (unpaired) electrons. The molecule has 0 spiro atoms. The zero-order chi connectivity index (χ0) is 13.0. The molecule has 2 heteroatoms. The van der Waals surface area contributed by atoms with Crippen molar-refractivity contribution in [1.82, 2.24) is 4.98 Å². The molecule has 0 bridgehead atoms. The number of rotatable bonds is 6. The summed E-state index contributed by atoms with van der Waals surface area (Å²) in [6.45, 7) is 4.57. The third kappa shape index (κ3) is 2.69. The predicted octanol–water partition coefficient (Wildman–Crippen LogP) is 4.86. The Morgan fingerprint density at radius 3 is 2.83 bits per heavy atom. The summed E-state index contributed by atoms with van der Waals surface area (Å²) in [5, 5.41) is 1.30. The van der Waals surface area contributed by atoms with E-state index < -0.39 is 0 Å². The third-order valence-electron chi connectivity index (χ3n) is 3.69. The van der Waals surface area contributed by atoms with Crippen molar-refractivity contribution in [2.45, 2.75) is 45.4 Å². The molecule has 1 aromatic heterocycles. The van der Waals surface area contributed by atoms with Crippen LogP contribution in [0.2, 0.25) is 0 Å². The van der Waals surface area contributed by atoms with E-state index in [0.717, 1.165) is 5.75 Å². The summed E-state index contributed by atoms with van der Waals surface area (Å²) < 4.78 is 5.31. The summed E-state index contributed by atoms with van der Waals surface area (Å²) in [5.41, 5.74) is 2.62. The van der Waals surface area contributed by atoms with Crippen molar-refractivity contribution in [2.24, 2.45) is 0 Å². The molecule has 0 aliphatic heterocycles. The Balaban J connectivity index is 2.21. The average molecular weight is 245 g/mol. The van der Waals surface area contributed by atoms with Crippen molar-refractivity contribution in [3.05, 3.63) is 30.0 Å². The highest BCUT2D eigenvalue weighted by Gasteiger charge is 2.11. The highest BCUT2D eigenvalue weighted by atomic mass is 16.5. The van der Waals surface area contributed by atoms with Gasteiger partial charge in [-0.1, -0.05) is 33.1 Å². The van der Waals surface area contributed by atoms with Crippen LogP contribution < -0.4 is 4.74 Å². The molecule has 2 rings (SSSR count). The minimum atomic E-state index is 0.609. The number of hydrogen-bond donors (Lipinski definition) is 1. The molecule has 2 nitrogen and oxygen atoms in total. The van der Waals surface area contributed by atoms with E-state index in [9.17, 15) is 0 Å². The van der Waals surface area contributed by atoms with Crippen molar-refractivity contribution in [1.29, 1.82) is 0 Å². The molecule has 2 aromatic rings. The molecule has 1 aromatic carbocycles. The van der Waals surface area contributed by atoms with Crippen molar-refractivity contribution >= 4 is 10.9 Å². The van der Waals surface area contributed by atoms with Gasteiger partial charge in [0.25, 0.3) is 0 Å². The molecule has 0 fully saturated rings. The first-order valence-electron chi connectivity index (χ1n) is 6.91. The van der Waals surface area contributed by atoms with Gasteiger partial charge < -0.3 is 9.72 Å². The van der Waals surface area contributed by atoms with Crippen LogP contribution in [0.1, 0.15) is 51.0 Å². The summed E-state index contributed by atoms with van der Waals surface area (Å²) in [5.74, 6) is 1.54. The van der Waals surface area contributed by atoms with E-state index in [1.165, 1.54) is 42.1 Å². The number of aromatic amines is 1. The number of nitrogens with one attached hydrogen (secondary N) is 1. The molecule has 1 heterocycles. The van der Waals surface area contributed by atoms with Crippen LogP contribution >= 0.6 is 0 Å². The van der Waals surface area contributed by atoms with E-state index in [4.69, 9.17) is 4.74 Å². The molecular weight excluding hydrogens is 222 g/mol. The summed E-state index contributed by atoms with van der Waals surface area (Å²) in [6.07, 6.45) is 7.34. The van der Waals surface area contributed by atoms with Crippen LogP contribution in [0.3, 0.4) is 0 Å². The Bertz CT molecular complexity index is 501. The lowest BCUT2D eigenvalue weighted by Gasteiger charge is -2.10. The van der Waals surface area contributed by atoms with Crippen LogP contribution in [0.25, 0.3) is 10.9 Å². The summed E-state index contributed by atoms with van der Waals surface area (Å²) in [6, 6.07) is 6.23. The fourth-order valence-corrected chi connectivity index (χ4v) is 2.51. The van der Waals surface area contributed by atoms with Crippen LogP contribution in [0.5, 0.6) is 5.75 Å². The van der Waals surface area contributed by atoms with Gasteiger partial charge in [-0.15, -0.1) is 0 Å². The lowest BCUT2D eigenvalue weighted by Crippen LogP contribution is -1.92. The van der Waals surface area contributed by atoms with E-state index in [1.807, 2.05) is 6.07 Å². The maximum Gasteiger partial charge on any atom is 0.119 e. The quantitative estimate of drug-likeness (QED) is 0.722. The number of H-pyrrole nitrogens is 1. The molecule has 0 aliphatic carbocycles. The smallest absolute Gasteiger partial charge is 0.119 e. The van der Waals surface area contributed by atoms with E-state index in [2.05, 4.69) is 37.2 Å². The Kier molecular flexibility index (Phi) is 4.29. The Morgan fingerprint density at radius 2 is 2.11 bits per heavy atom. The van der Waals surface area contributed by atoms with Gasteiger partial charge in [-0.25, -0.2) is 0 Å². The third-order valence-corrected chi connectivity index (χ3v) is 3.69. The normalized spacial score (nSPS) is 12.8. The van der Waals surface area contributed by atoms with Crippen molar-refractivity contribution in [3.63, 3.8) is 0 Å². The molecule has 1 N–H and O–H groups in total. The largest absolute Gasteiger partial charge is 0.497 e. The summed E-state index contributed by atoms with van der Waals surface area (Å²) in [7, 11) is 1.72. The van der Waals surface area contributed by atoms with E-state index in [0.29, 0.717) is 5.92 Å². The number of fused-ring (bicyclic) bond motifs is 1. The summed E-state index contributed by atoms with van der Waals surface area (Å²) in [4.78, 5) is 3.36. The molecule has 18 heavy (non-hydrogen) atoms. The standard InChI is InChI=1S/C16H23NO/c1-4-5-6-7-12(2)15-11-17-16-9-8-13(18-3)10-14(15)16/h8-12,17H,4-7H2,1-3H3. The van der Waals surface area contributed by atoms with Gasteiger partial charge in [0.15, 0.2) is 0 Å². The average Bonchev–Trinajstić information content (AvgIpc) is 2.81. The van der Waals surface area contributed by atoms with Gasteiger partial charge in [0.2, 0.25) is 0 Å². The fourth-order valence-electron chi connectivity index (χ4n) is 2.51. The van der Waals surface area contributed by atoms with Gasteiger partial charge in [-0.2, -0.15) is 0 Å². The number of hydrogen-bond acceptors (Lipinski definition) is 1. The van der Waals surface area contributed by atoms with E-state index in [-0.39, 0.29) is 0 Å². The van der Waals surface area contributed by atoms with Crippen LogP contribution in [0, 0.1) is 0 Å². The number of unbranched alkanes of at least 4 members (excludes halogenated alkanes) is 2. The SMILES string of the molecule is CCCCCC(C)c1c[nH]c2ccc(OC)cc12. The molecule has 0 saturated carbocycles. The van der Waals surface area contributed by atoms with E-state index in [1.54, 1.807) is 7.11 Å². The Labute approximate surface area is 109 Å². The second kappa shape index (κ2) is 5.94. The predicted molar refractivity (Wildman–Crippen MR) is 77.4 cm³/mol. The van der Waals surface area contributed by atoms with Gasteiger partial charge in [0, 0.05) is 17.1 Å². The van der Waals surface area contributed by atoms with Crippen molar-refractivity contribution < 1.29 is 4.74 Å². The topological polar surface area (TPSA) is 25.0 Å². The van der Waals surface area contributed by atoms with Gasteiger partial charge in [0.1, 0.15) is 5.75 Å². The van der Waals surface area contributed by atoms with E-state index >= 15 is 0 Å². The first-order valence-corrected chi connectivity index (χ1v) is 6.91. The first-order chi connectivity index (χ1) is 8.76. The number of methoxy groups -OCH3 is 1. The second-order valence-corrected chi connectivity index (χ2v) is 5.05. The molecule has 1 unspecified atom stereocenters. The fraction of sp³-hybridized carbons (Fsp3) is 0.500. The molecule has 0 saturated heterocycles. The minimum absolute atomic E-state index is 0.609. The molecule has 98 valence electrons. The van der Waals surface area contributed by atoms with Crippen molar-refractivity contribution in [3.8, 4) is 5.75 Å². The molecule has 0 amide bonds. The molecular formula is C16H23NO. The summed E-state index contributed by atoms with van der Waals surface area (Å²) >= 11 is 0. The monoisotopic (exact) mass is 245 g/mol. The van der Waals surface area contributed by atoms with Crippen LogP contribution in [-0.2, 0) is 0 Å². The number of benzene rings is 1. The van der Waals surface area contributed by atoms with Gasteiger partial charge in [0.05, 0.1) is 7.11 Å². The minimum Gasteiger partial charge on any atom is -0.497 e. The maximum absolute atomic E-state index is 5.31. The zero-order valence-electron chi connectivity index (χ0n) is 11.6. The lowest BCUT2D eigenvalue weighted by atomic mass is 9.94. The van der Waals surface area contributed by atoms with Gasteiger partial charge in [-0.05, 0) is 36.1 Å². The first kappa shape index (κ1) is 13.0. The zero-order valence-corrected chi connectivity index (χ0v) is 11.6. The van der Waals surface area contributed by atoms with Crippen LogP contribution in [-0.4, -0.2) is 12.1 Å². The van der Waals surface area contributed by atoms with Gasteiger partial charge in [-0.3, -0.25) is 0 Å². The highest BCUT2D eigenvalue weighted by Crippen LogP contribution is 2.31. The highest BCUT2D eigenvalue weighted by molar-refractivity contribution is 5.85. The molecule has 1 atom stereocenters. The maximum atomic E-state index is 5.31. The Hall–Kier alpha value is -1.44. The van der Waals surface area contributed by atoms with Crippen molar-refractivity contribution in [2.75, 3.05) is 7.11 Å². The molecule has 0 aliphatic rings. The number of ether oxygens (including phenoxy) is 1. The second-order valence-electron chi connectivity index (χ2n) is 5.05. The van der Waals surface area contributed by atoms with Crippen LogP contribution in [0.4, 0.5) is 0 Å². The lowest BCUT2D eigenvalue weighted by molar-refractivity contribution is 0.415. The van der Waals surface area contributed by atoms with Crippen LogP contribution in [0.15, 0.2) is 24.4 Å². The Morgan fingerprint density at radius 1 is 1.28 bits per heavy atom. The van der Waals surface area contributed by atoms with Gasteiger partial charge >= 0.3 is 0 Å².